The van der Waals surface area contributed by atoms with Crippen LogP contribution in [0.3, 0.4) is 0 Å². The quantitative estimate of drug-likeness (QED) is 0.527. The van der Waals surface area contributed by atoms with E-state index in [4.69, 9.17) is 39.5 Å². The number of hydrogen-bond donors (Lipinski definition) is 0. The van der Waals surface area contributed by atoms with Crippen LogP contribution in [0.4, 0.5) is 0 Å². The van der Waals surface area contributed by atoms with Crippen LogP contribution < -0.4 is 4.74 Å². The van der Waals surface area contributed by atoms with Crippen molar-refractivity contribution in [2.45, 2.75) is 13.2 Å². The van der Waals surface area contributed by atoms with Gasteiger partial charge < -0.3 is 4.74 Å². The molecule has 2 aromatic carbocycles. The lowest BCUT2D eigenvalue weighted by Gasteiger charge is -2.21. The summed E-state index contributed by atoms with van der Waals surface area (Å²) in [7, 11) is 0. The van der Waals surface area contributed by atoms with Gasteiger partial charge in [-0.25, -0.2) is 4.98 Å². The number of benzene rings is 2. The molecule has 0 saturated carbocycles. The Kier molecular flexibility index (Phi) is 5.33. The highest BCUT2D eigenvalue weighted by Gasteiger charge is 2.26. The minimum absolute atomic E-state index is 0.263. The number of imidazole rings is 1. The van der Waals surface area contributed by atoms with Crippen LogP contribution >= 0.6 is 34.8 Å². The zero-order valence-corrected chi connectivity index (χ0v) is 15.4. The molecule has 0 amide bonds. The zero-order valence-electron chi connectivity index (χ0n) is 13.1. The molecular formula is C18H13Cl3N2O2. The van der Waals surface area contributed by atoms with Crippen molar-refractivity contribution in [3.63, 3.8) is 0 Å². The van der Waals surface area contributed by atoms with Crippen molar-refractivity contribution in [1.29, 1.82) is 0 Å². The maximum absolute atomic E-state index is 13.0. The SMILES string of the molecule is Cc1cc(Cl)ccc1O[C@H](C(=O)c1ccc(Cl)cc1Cl)n1ccnc1. The first-order valence-corrected chi connectivity index (χ1v) is 8.48. The van der Waals surface area contributed by atoms with E-state index in [9.17, 15) is 4.79 Å². The van der Waals surface area contributed by atoms with Gasteiger partial charge in [-0.1, -0.05) is 34.8 Å². The summed E-state index contributed by atoms with van der Waals surface area (Å²) < 4.78 is 7.54. The predicted molar refractivity (Wildman–Crippen MR) is 98.9 cm³/mol. The van der Waals surface area contributed by atoms with Crippen LogP contribution in [0, 0.1) is 6.92 Å². The molecular weight excluding hydrogens is 383 g/mol. The van der Waals surface area contributed by atoms with Crippen molar-refractivity contribution in [3.8, 4) is 5.75 Å². The van der Waals surface area contributed by atoms with Gasteiger partial charge in [0.1, 0.15) is 5.75 Å². The van der Waals surface area contributed by atoms with E-state index in [1.54, 1.807) is 47.3 Å². The molecule has 0 fully saturated rings. The van der Waals surface area contributed by atoms with Crippen molar-refractivity contribution in [2.75, 3.05) is 0 Å². The molecule has 0 N–H and O–H groups in total. The Morgan fingerprint density at radius 1 is 1.12 bits per heavy atom. The van der Waals surface area contributed by atoms with Gasteiger partial charge in [0.25, 0.3) is 0 Å². The number of ether oxygens (including phenoxy) is 1. The first-order chi connectivity index (χ1) is 12.0. The minimum atomic E-state index is -0.957. The number of ketones is 1. The standard InChI is InChI=1S/C18H13Cl3N2O2/c1-11-8-12(19)3-5-16(11)25-18(23-7-6-22-10-23)17(24)14-4-2-13(20)9-15(14)21/h2-10,18H,1H3/t18-/m1/s1. The molecule has 128 valence electrons. The van der Waals surface area contributed by atoms with Crippen LogP contribution in [0.15, 0.2) is 55.1 Å². The van der Waals surface area contributed by atoms with E-state index in [0.717, 1.165) is 5.56 Å². The molecule has 25 heavy (non-hydrogen) atoms. The number of aryl methyl sites for hydroxylation is 1. The average molecular weight is 396 g/mol. The Balaban J connectivity index is 1.99. The van der Waals surface area contributed by atoms with Crippen LogP contribution in [-0.2, 0) is 0 Å². The number of Topliss-reactive ketones (excluding diaryl/α,β-unsaturated/α-hetero) is 1. The Bertz CT molecular complexity index is 911. The molecule has 0 bridgehead atoms. The van der Waals surface area contributed by atoms with Gasteiger partial charge in [-0.15, -0.1) is 0 Å². The zero-order chi connectivity index (χ0) is 18.0. The molecule has 1 aromatic heterocycles. The van der Waals surface area contributed by atoms with Crippen LogP contribution in [0.2, 0.25) is 15.1 Å². The van der Waals surface area contributed by atoms with E-state index in [1.807, 2.05) is 6.92 Å². The highest BCUT2D eigenvalue weighted by atomic mass is 35.5. The van der Waals surface area contributed by atoms with Gasteiger partial charge in [0, 0.05) is 28.0 Å². The Morgan fingerprint density at radius 3 is 2.48 bits per heavy atom. The average Bonchev–Trinajstić information content (AvgIpc) is 3.08. The van der Waals surface area contributed by atoms with E-state index >= 15 is 0 Å². The van der Waals surface area contributed by atoms with Crippen LogP contribution in [0.1, 0.15) is 22.1 Å². The Labute approximate surface area is 159 Å². The number of halogens is 3. The molecule has 4 nitrogen and oxygen atoms in total. The summed E-state index contributed by atoms with van der Waals surface area (Å²) in [5.41, 5.74) is 1.13. The first kappa shape index (κ1) is 17.8. The first-order valence-electron chi connectivity index (χ1n) is 7.35. The lowest BCUT2D eigenvalue weighted by atomic mass is 10.1. The van der Waals surface area contributed by atoms with Crippen molar-refractivity contribution in [1.82, 2.24) is 9.55 Å². The largest absolute Gasteiger partial charge is 0.462 e. The number of carbonyl (C=O) groups excluding carboxylic acids is 1. The number of rotatable bonds is 5. The molecule has 0 unspecified atom stereocenters. The molecule has 0 aliphatic carbocycles. The van der Waals surface area contributed by atoms with Crippen molar-refractivity contribution >= 4 is 40.6 Å². The molecule has 1 atom stereocenters. The van der Waals surface area contributed by atoms with E-state index in [2.05, 4.69) is 4.98 Å². The van der Waals surface area contributed by atoms with Crippen molar-refractivity contribution < 1.29 is 9.53 Å². The molecule has 0 aliphatic heterocycles. The summed E-state index contributed by atoms with van der Waals surface area (Å²) in [5.74, 6) is 0.232. The van der Waals surface area contributed by atoms with E-state index in [-0.39, 0.29) is 10.8 Å². The number of nitrogens with zero attached hydrogens (tertiary/aromatic N) is 2. The normalized spacial score (nSPS) is 12.0. The summed E-state index contributed by atoms with van der Waals surface area (Å²) in [6.07, 6.45) is 3.78. The number of hydrogen-bond acceptors (Lipinski definition) is 3. The van der Waals surface area contributed by atoms with Crippen molar-refractivity contribution in [2.24, 2.45) is 0 Å². The summed E-state index contributed by atoms with van der Waals surface area (Å²) in [6, 6.07) is 9.90. The third-order valence-corrected chi connectivity index (χ3v) is 4.38. The second kappa shape index (κ2) is 7.48. The molecule has 0 saturated heterocycles. The Morgan fingerprint density at radius 2 is 1.84 bits per heavy atom. The molecule has 0 spiro atoms. The maximum atomic E-state index is 13.0. The predicted octanol–water partition coefficient (Wildman–Crippen LogP) is 5.61. The maximum Gasteiger partial charge on any atom is 0.241 e. The molecule has 1 heterocycles. The fourth-order valence-corrected chi connectivity index (χ4v) is 3.07. The topological polar surface area (TPSA) is 44.1 Å². The van der Waals surface area contributed by atoms with Gasteiger partial charge in [0.15, 0.2) is 0 Å². The molecule has 7 heteroatoms. The Hall–Kier alpha value is -2.01. The van der Waals surface area contributed by atoms with Gasteiger partial charge in [0.2, 0.25) is 12.0 Å². The molecule has 3 aromatic rings. The molecule has 0 aliphatic rings. The van der Waals surface area contributed by atoms with E-state index < -0.39 is 6.23 Å². The lowest BCUT2D eigenvalue weighted by molar-refractivity contribution is 0.0652. The van der Waals surface area contributed by atoms with Gasteiger partial charge in [-0.3, -0.25) is 9.36 Å². The van der Waals surface area contributed by atoms with Crippen LogP contribution in [0.5, 0.6) is 5.75 Å². The van der Waals surface area contributed by atoms with Crippen LogP contribution in [0.25, 0.3) is 0 Å². The molecule has 3 rings (SSSR count). The minimum Gasteiger partial charge on any atom is -0.462 e. The van der Waals surface area contributed by atoms with Crippen LogP contribution in [-0.4, -0.2) is 15.3 Å². The van der Waals surface area contributed by atoms with E-state index in [1.165, 1.54) is 12.4 Å². The summed E-state index contributed by atoms with van der Waals surface area (Å²) >= 11 is 18.1. The fraction of sp³-hybridized carbons (Fsp3) is 0.111. The van der Waals surface area contributed by atoms with E-state index in [0.29, 0.717) is 21.4 Å². The van der Waals surface area contributed by atoms with Crippen molar-refractivity contribution in [3.05, 3.63) is 81.3 Å². The number of aromatic nitrogens is 2. The van der Waals surface area contributed by atoms with Gasteiger partial charge >= 0.3 is 0 Å². The van der Waals surface area contributed by atoms with Gasteiger partial charge in [-0.2, -0.15) is 0 Å². The second-order valence-electron chi connectivity index (χ2n) is 5.38. The highest BCUT2D eigenvalue weighted by Crippen LogP contribution is 2.29. The smallest absolute Gasteiger partial charge is 0.241 e. The second-order valence-corrected chi connectivity index (χ2v) is 6.66. The third-order valence-electron chi connectivity index (χ3n) is 3.59. The monoisotopic (exact) mass is 394 g/mol. The fourth-order valence-electron chi connectivity index (χ4n) is 2.35. The van der Waals surface area contributed by atoms with Gasteiger partial charge in [0.05, 0.1) is 11.3 Å². The highest BCUT2D eigenvalue weighted by molar-refractivity contribution is 6.37. The lowest BCUT2D eigenvalue weighted by Crippen LogP contribution is -2.25. The summed E-state index contributed by atoms with van der Waals surface area (Å²) in [6.45, 7) is 1.85. The van der Waals surface area contributed by atoms with Gasteiger partial charge in [-0.05, 0) is 48.9 Å². The summed E-state index contributed by atoms with van der Waals surface area (Å²) in [5, 5.41) is 1.31. The number of carbonyl (C=O) groups is 1. The molecule has 0 radical (unpaired) electrons. The summed E-state index contributed by atoms with van der Waals surface area (Å²) in [4.78, 5) is 17.0. The third kappa shape index (κ3) is 3.98.